The maximum Gasteiger partial charge on any atom is 0.421 e. The number of halogens is 4. The van der Waals surface area contributed by atoms with Gasteiger partial charge in [0.2, 0.25) is 0 Å². The molecule has 0 bridgehead atoms. The summed E-state index contributed by atoms with van der Waals surface area (Å²) >= 11 is 2.96. The second-order valence-corrected chi connectivity index (χ2v) is 4.39. The number of pyridine rings is 1. The zero-order valence-electron chi connectivity index (χ0n) is 7.92. The van der Waals surface area contributed by atoms with Gasteiger partial charge in [-0.2, -0.15) is 13.2 Å². The van der Waals surface area contributed by atoms with E-state index in [-0.39, 0.29) is 23.7 Å². The van der Waals surface area contributed by atoms with Crippen molar-refractivity contribution in [1.29, 1.82) is 0 Å². The number of aromatic nitrogens is 1. The first-order valence-corrected chi connectivity index (χ1v) is 5.25. The van der Waals surface area contributed by atoms with Gasteiger partial charge in [0.1, 0.15) is 5.56 Å². The third-order valence-corrected chi connectivity index (χ3v) is 2.76. The Morgan fingerprint density at radius 1 is 1.44 bits per heavy atom. The molecule has 1 aromatic rings. The van der Waals surface area contributed by atoms with Gasteiger partial charge in [0.25, 0.3) is 5.56 Å². The molecule has 0 N–H and O–H groups in total. The van der Waals surface area contributed by atoms with Crippen LogP contribution < -0.4 is 5.56 Å². The lowest BCUT2D eigenvalue weighted by Gasteiger charge is -2.28. The van der Waals surface area contributed by atoms with Crippen molar-refractivity contribution < 1.29 is 17.9 Å². The van der Waals surface area contributed by atoms with Crippen LogP contribution in [0, 0.1) is 0 Å². The monoisotopic (exact) mass is 297 g/mol. The molecule has 7 heteroatoms. The maximum absolute atomic E-state index is 12.5. The molecule has 1 aliphatic heterocycles. The van der Waals surface area contributed by atoms with Crippen LogP contribution in [0.3, 0.4) is 0 Å². The fourth-order valence-corrected chi connectivity index (χ4v) is 1.88. The molecule has 1 saturated heterocycles. The largest absolute Gasteiger partial charge is 0.421 e. The fourth-order valence-electron chi connectivity index (χ4n) is 1.43. The van der Waals surface area contributed by atoms with Crippen molar-refractivity contribution in [1.82, 2.24) is 4.57 Å². The molecule has 1 aliphatic rings. The van der Waals surface area contributed by atoms with Crippen LogP contribution in [0.25, 0.3) is 0 Å². The smallest absolute Gasteiger partial charge is 0.377 e. The van der Waals surface area contributed by atoms with Crippen molar-refractivity contribution in [2.45, 2.75) is 12.2 Å². The number of alkyl halides is 3. The van der Waals surface area contributed by atoms with Crippen molar-refractivity contribution in [2.24, 2.45) is 0 Å². The molecule has 88 valence electrons. The average molecular weight is 298 g/mol. The van der Waals surface area contributed by atoms with Crippen LogP contribution in [0.1, 0.15) is 11.6 Å². The van der Waals surface area contributed by atoms with E-state index in [2.05, 4.69) is 15.9 Å². The molecule has 0 saturated carbocycles. The first-order valence-electron chi connectivity index (χ1n) is 4.46. The summed E-state index contributed by atoms with van der Waals surface area (Å²) in [6.45, 7) is 0.543. The lowest BCUT2D eigenvalue weighted by Crippen LogP contribution is -2.39. The molecule has 16 heavy (non-hydrogen) atoms. The first kappa shape index (κ1) is 11.7. The van der Waals surface area contributed by atoms with E-state index in [0.717, 1.165) is 10.6 Å². The molecule has 0 spiro atoms. The van der Waals surface area contributed by atoms with Gasteiger partial charge in [0.15, 0.2) is 0 Å². The van der Waals surface area contributed by atoms with Gasteiger partial charge >= 0.3 is 6.18 Å². The van der Waals surface area contributed by atoms with Crippen LogP contribution in [0.2, 0.25) is 0 Å². The SMILES string of the molecule is O=c1c(C(F)(F)F)cc(Br)cn1C1COC1. The highest BCUT2D eigenvalue weighted by Gasteiger charge is 2.36. The van der Waals surface area contributed by atoms with Crippen LogP contribution in [0.5, 0.6) is 0 Å². The molecule has 2 heterocycles. The predicted octanol–water partition coefficient (Wildman–Crippen LogP) is 2.20. The van der Waals surface area contributed by atoms with Crippen molar-refractivity contribution in [3.8, 4) is 0 Å². The van der Waals surface area contributed by atoms with E-state index < -0.39 is 17.3 Å². The summed E-state index contributed by atoms with van der Waals surface area (Å²) < 4.78 is 43.7. The Bertz CT molecular complexity index is 465. The van der Waals surface area contributed by atoms with E-state index in [4.69, 9.17) is 4.74 Å². The minimum atomic E-state index is -4.63. The summed E-state index contributed by atoms with van der Waals surface area (Å²) in [5.74, 6) is 0. The number of hydrogen-bond donors (Lipinski definition) is 0. The minimum absolute atomic E-state index is 0.228. The van der Waals surface area contributed by atoms with Gasteiger partial charge in [-0.1, -0.05) is 0 Å². The summed E-state index contributed by atoms with van der Waals surface area (Å²) in [7, 11) is 0. The van der Waals surface area contributed by atoms with E-state index in [1.165, 1.54) is 6.20 Å². The number of rotatable bonds is 1. The average Bonchev–Trinajstić information content (AvgIpc) is 2.05. The third-order valence-electron chi connectivity index (χ3n) is 2.33. The third kappa shape index (κ3) is 2.01. The van der Waals surface area contributed by atoms with Gasteiger partial charge in [-0.05, 0) is 22.0 Å². The molecule has 1 fully saturated rings. The lowest BCUT2D eigenvalue weighted by molar-refractivity contribution is -0.139. The standard InChI is InChI=1S/C9H7BrF3NO2/c10-5-1-7(9(11,12)13)8(15)14(2-5)6-3-16-4-6/h1-2,6H,3-4H2. The zero-order chi connectivity index (χ0) is 11.9. The Labute approximate surface area is 97.0 Å². The molecule has 0 radical (unpaired) electrons. The summed E-state index contributed by atoms with van der Waals surface area (Å²) in [6.07, 6.45) is -3.28. The van der Waals surface area contributed by atoms with Gasteiger partial charge in [-0.15, -0.1) is 0 Å². The highest BCUT2D eigenvalue weighted by molar-refractivity contribution is 9.10. The molecule has 0 aromatic carbocycles. The van der Waals surface area contributed by atoms with E-state index >= 15 is 0 Å². The predicted molar refractivity (Wildman–Crippen MR) is 53.3 cm³/mol. The van der Waals surface area contributed by atoms with Crippen LogP contribution in [0.4, 0.5) is 13.2 Å². The lowest BCUT2D eigenvalue weighted by atomic mass is 10.2. The normalized spacial score (nSPS) is 17.2. The van der Waals surface area contributed by atoms with Crippen molar-refractivity contribution in [2.75, 3.05) is 13.2 Å². The van der Waals surface area contributed by atoms with E-state index in [9.17, 15) is 18.0 Å². The number of ether oxygens (including phenoxy) is 1. The molecule has 2 rings (SSSR count). The molecule has 3 nitrogen and oxygen atoms in total. The van der Waals surface area contributed by atoms with E-state index in [0.29, 0.717) is 0 Å². The Kier molecular flexibility index (Phi) is 2.83. The van der Waals surface area contributed by atoms with Gasteiger partial charge in [-0.25, -0.2) is 0 Å². The van der Waals surface area contributed by atoms with Gasteiger partial charge in [0.05, 0.1) is 19.3 Å². The number of hydrogen-bond acceptors (Lipinski definition) is 2. The van der Waals surface area contributed by atoms with Gasteiger partial charge < -0.3 is 9.30 Å². The fraction of sp³-hybridized carbons (Fsp3) is 0.444. The Morgan fingerprint density at radius 2 is 2.06 bits per heavy atom. The van der Waals surface area contributed by atoms with Crippen LogP contribution in [0.15, 0.2) is 21.5 Å². The summed E-state index contributed by atoms with van der Waals surface area (Å²) in [6, 6.07) is 0.490. The van der Waals surface area contributed by atoms with Crippen molar-refractivity contribution in [3.05, 3.63) is 32.7 Å². The molecule has 0 unspecified atom stereocenters. The Morgan fingerprint density at radius 3 is 2.50 bits per heavy atom. The zero-order valence-corrected chi connectivity index (χ0v) is 9.51. The van der Waals surface area contributed by atoms with Gasteiger partial charge in [0, 0.05) is 10.7 Å². The highest BCUT2D eigenvalue weighted by atomic mass is 79.9. The second-order valence-electron chi connectivity index (χ2n) is 3.47. The van der Waals surface area contributed by atoms with Crippen LogP contribution >= 0.6 is 15.9 Å². The molecule has 0 aliphatic carbocycles. The molecular weight excluding hydrogens is 291 g/mol. The van der Waals surface area contributed by atoms with E-state index in [1.54, 1.807) is 0 Å². The summed E-state index contributed by atoms with van der Waals surface area (Å²) in [4.78, 5) is 11.6. The van der Waals surface area contributed by atoms with Gasteiger partial charge in [-0.3, -0.25) is 4.79 Å². The minimum Gasteiger partial charge on any atom is -0.377 e. The van der Waals surface area contributed by atoms with Crippen LogP contribution in [-0.2, 0) is 10.9 Å². The van der Waals surface area contributed by atoms with Crippen molar-refractivity contribution >= 4 is 15.9 Å². The second kappa shape index (κ2) is 3.89. The Balaban J connectivity index is 2.55. The van der Waals surface area contributed by atoms with Crippen LogP contribution in [-0.4, -0.2) is 17.8 Å². The number of nitrogens with zero attached hydrogens (tertiary/aromatic N) is 1. The quantitative estimate of drug-likeness (QED) is 0.796. The topological polar surface area (TPSA) is 31.2 Å². The molecule has 0 atom stereocenters. The maximum atomic E-state index is 12.5. The Hall–Kier alpha value is -0.820. The summed E-state index contributed by atoms with van der Waals surface area (Å²) in [5, 5.41) is 0. The highest BCUT2D eigenvalue weighted by Crippen LogP contribution is 2.29. The molecule has 0 amide bonds. The molecular formula is C9H7BrF3NO2. The molecule has 1 aromatic heterocycles. The van der Waals surface area contributed by atoms with E-state index in [1.807, 2.05) is 0 Å². The van der Waals surface area contributed by atoms with Crippen molar-refractivity contribution in [3.63, 3.8) is 0 Å². The first-order chi connectivity index (χ1) is 7.39. The summed E-state index contributed by atoms with van der Waals surface area (Å²) in [5.41, 5.74) is -2.18.